The first-order valence-corrected chi connectivity index (χ1v) is 11.9. The normalized spacial score (nSPS) is 14.2. The molecule has 32 heavy (non-hydrogen) atoms. The zero-order valence-electron chi connectivity index (χ0n) is 18.5. The van der Waals surface area contributed by atoms with Crippen molar-refractivity contribution in [2.75, 3.05) is 31.1 Å². The SMILES string of the molecule is Cc1ccc(C)c2sc(N3CCN(C(=O)c4ccc(Cc5ccccc5)cc4)CC3)nc12. The number of fused-ring (bicyclic) bond motifs is 1. The molecule has 162 valence electrons. The van der Waals surface area contributed by atoms with Gasteiger partial charge in [0.1, 0.15) is 0 Å². The Hall–Kier alpha value is -3.18. The fraction of sp³-hybridized carbons (Fsp3) is 0.259. The maximum atomic E-state index is 13.0. The lowest BCUT2D eigenvalue weighted by atomic mass is 10.0. The summed E-state index contributed by atoms with van der Waals surface area (Å²) in [6.45, 7) is 7.33. The average Bonchev–Trinajstić information content (AvgIpc) is 3.29. The summed E-state index contributed by atoms with van der Waals surface area (Å²) in [5.74, 6) is 0.117. The smallest absolute Gasteiger partial charge is 0.253 e. The molecule has 0 N–H and O–H groups in total. The Morgan fingerprint density at radius 2 is 1.50 bits per heavy atom. The van der Waals surface area contributed by atoms with Gasteiger partial charge in [0.15, 0.2) is 5.13 Å². The van der Waals surface area contributed by atoms with Crippen LogP contribution in [0.1, 0.15) is 32.6 Å². The molecule has 4 nitrogen and oxygen atoms in total. The second kappa shape index (κ2) is 8.75. The van der Waals surface area contributed by atoms with E-state index in [4.69, 9.17) is 4.98 Å². The van der Waals surface area contributed by atoms with Crippen molar-refractivity contribution in [2.45, 2.75) is 20.3 Å². The molecule has 0 spiro atoms. The van der Waals surface area contributed by atoms with E-state index in [1.165, 1.54) is 27.0 Å². The van der Waals surface area contributed by atoms with Crippen molar-refractivity contribution in [1.82, 2.24) is 9.88 Å². The Kier molecular flexibility index (Phi) is 5.66. The van der Waals surface area contributed by atoms with Gasteiger partial charge in [-0.15, -0.1) is 0 Å². The van der Waals surface area contributed by atoms with Crippen LogP contribution in [-0.4, -0.2) is 42.0 Å². The molecule has 5 rings (SSSR count). The Labute approximate surface area is 193 Å². The molecule has 1 saturated heterocycles. The molecule has 1 amide bonds. The third-order valence-electron chi connectivity index (χ3n) is 6.22. The molecule has 0 unspecified atom stereocenters. The summed E-state index contributed by atoms with van der Waals surface area (Å²) in [6.07, 6.45) is 0.884. The minimum atomic E-state index is 0.117. The summed E-state index contributed by atoms with van der Waals surface area (Å²) in [5, 5.41) is 1.06. The minimum Gasteiger partial charge on any atom is -0.345 e. The van der Waals surface area contributed by atoms with Gasteiger partial charge in [-0.05, 0) is 54.7 Å². The molecule has 0 bridgehead atoms. The van der Waals surface area contributed by atoms with Crippen LogP contribution < -0.4 is 4.90 Å². The van der Waals surface area contributed by atoms with E-state index in [1.54, 1.807) is 11.3 Å². The zero-order valence-corrected chi connectivity index (χ0v) is 19.4. The standard InChI is InChI=1S/C27H27N3OS/c1-19-8-9-20(2)25-24(19)28-27(32-25)30-16-14-29(15-17-30)26(31)23-12-10-22(11-13-23)18-21-6-4-3-5-7-21/h3-13H,14-18H2,1-2H3. The first kappa shape index (κ1) is 20.7. The molecular weight excluding hydrogens is 414 g/mol. The molecule has 0 atom stereocenters. The van der Waals surface area contributed by atoms with Gasteiger partial charge in [-0.3, -0.25) is 4.79 Å². The molecule has 0 radical (unpaired) electrons. The monoisotopic (exact) mass is 441 g/mol. The third kappa shape index (κ3) is 4.13. The van der Waals surface area contributed by atoms with Crippen LogP contribution in [0.5, 0.6) is 0 Å². The van der Waals surface area contributed by atoms with Gasteiger partial charge in [-0.25, -0.2) is 4.98 Å². The molecule has 3 aromatic carbocycles. The van der Waals surface area contributed by atoms with E-state index in [0.29, 0.717) is 0 Å². The Bertz CT molecular complexity index is 1200. The lowest BCUT2D eigenvalue weighted by Gasteiger charge is -2.34. The Morgan fingerprint density at radius 3 is 2.19 bits per heavy atom. The quantitative estimate of drug-likeness (QED) is 0.422. The predicted molar refractivity (Wildman–Crippen MR) is 133 cm³/mol. The van der Waals surface area contributed by atoms with Crippen LogP contribution >= 0.6 is 11.3 Å². The van der Waals surface area contributed by atoms with Gasteiger partial charge in [0, 0.05) is 31.7 Å². The van der Waals surface area contributed by atoms with Crippen LogP contribution in [0.4, 0.5) is 5.13 Å². The fourth-order valence-corrected chi connectivity index (χ4v) is 5.43. The number of carbonyl (C=O) groups is 1. The molecule has 0 aliphatic carbocycles. The number of piperazine rings is 1. The van der Waals surface area contributed by atoms with Gasteiger partial charge < -0.3 is 9.80 Å². The summed E-state index contributed by atoms with van der Waals surface area (Å²) < 4.78 is 1.27. The van der Waals surface area contributed by atoms with E-state index >= 15 is 0 Å². The van der Waals surface area contributed by atoms with Crippen LogP contribution in [0.2, 0.25) is 0 Å². The van der Waals surface area contributed by atoms with Gasteiger partial charge in [0.25, 0.3) is 5.91 Å². The van der Waals surface area contributed by atoms with Crippen molar-refractivity contribution in [3.8, 4) is 0 Å². The highest BCUT2D eigenvalue weighted by Gasteiger charge is 2.24. The van der Waals surface area contributed by atoms with Crippen molar-refractivity contribution in [2.24, 2.45) is 0 Å². The molecule has 5 heteroatoms. The second-order valence-electron chi connectivity index (χ2n) is 8.51. The summed E-state index contributed by atoms with van der Waals surface area (Å²) >= 11 is 1.76. The highest BCUT2D eigenvalue weighted by molar-refractivity contribution is 7.22. The molecule has 1 aliphatic rings. The van der Waals surface area contributed by atoms with Crippen molar-refractivity contribution >= 4 is 32.6 Å². The fourth-order valence-electron chi connectivity index (χ4n) is 4.26. The Morgan fingerprint density at radius 1 is 0.844 bits per heavy atom. The van der Waals surface area contributed by atoms with Crippen LogP contribution in [0.15, 0.2) is 66.7 Å². The summed E-state index contributed by atoms with van der Waals surface area (Å²) in [4.78, 5) is 22.2. The molecule has 1 aromatic heterocycles. The predicted octanol–water partition coefficient (Wildman–Crippen LogP) is 5.47. The lowest BCUT2D eigenvalue weighted by Crippen LogP contribution is -2.48. The van der Waals surface area contributed by atoms with Gasteiger partial charge in [-0.2, -0.15) is 0 Å². The van der Waals surface area contributed by atoms with E-state index in [1.807, 2.05) is 23.1 Å². The van der Waals surface area contributed by atoms with Gasteiger partial charge in [0.2, 0.25) is 0 Å². The molecule has 4 aromatic rings. The van der Waals surface area contributed by atoms with Crippen molar-refractivity contribution in [3.05, 3.63) is 94.5 Å². The maximum absolute atomic E-state index is 13.0. The maximum Gasteiger partial charge on any atom is 0.253 e. The minimum absolute atomic E-state index is 0.117. The number of benzene rings is 3. The van der Waals surface area contributed by atoms with Gasteiger partial charge >= 0.3 is 0 Å². The van der Waals surface area contributed by atoms with E-state index in [2.05, 4.69) is 67.3 Å². The van der Waals surface area contributed by atoms with Crippen LogP contribution in [0, 0.1) is 13.8 Å². The summed E-state index contributed by atoms with van der Waals surface area (Å²) in [5.41, 5.74) is 6.87. The number of amides is 1. The number of anilines is 1. The number of nitrogens with zero attached hydrogens (tertiary/aromatic N) is 3. The van der Waals surface area contributed by atoms with E-state index in [-0.39, 0.29) is 5.91 Å². The van der Waals surface area contributed by atoms with Crippen LogP contribution in [0.3, 0.4) is 0 Å². The van der Waals surface area contributed by atoms with Gasteiger partial charge in [-0.1, -0.05) is 65.9 Å². The first-order valence-electron chi connectivity index (χ1n) is 11.1. The van der Waals surface area contributed by atoms with E-state index in [9.17, 15) is 4.79 Å². The summed E-state index contributed by atoms with van der Waals surface area (Å²) in [6, 6.07) is 22.8. The second-order valence-corrected chi connectivity index (χ2v) is 9.49. The molecule has 2 heterocycles. The first-order chi connectivity index (χ1) is 15.6. The van der Waals surface area contributed by atoms with Crippen molar-refractivity contribution < 1.29 is 4.79 Å². The van der Waals surface area contributed by atoms with Crippen molar-refractivity contribution in [1.29, 1.82) is 0 Å². The number of aromatic nitrogens is 1. The average molecular weight is 442 g/mol. The largest absolute Gasteiger partial charge is 0.345 e. The molecule has 0 saturated carbocycles. The third-order valence-corrected chi connectivity index (χ3v) is 7.47. The lowest BCUT2D eigenvalue weighted by molar-refractivity contribution is 0.0747. The van der Waals surface area contributed by atoms with Crippen LogP contribution in [0.25, 0.3) is 10.2 Å². The number of rotatable bonds is 4. The van der Waals surface area contributed by atoms with E-state index < -0.39 is 0 Å². The number of thiazole rings is 1. The summed E-state index contributed by atoms with van der Waals surface area (Å²) in [7, 11) is 0. The highest BCUT2D eigenvalue weighted by Crippen LogP contribution is 2.33. The number of carbonyl (C=O) groups excluding carboxylic acids is 1. The number of hydrogen-bond acceptors (Lipinski definition) is 4. The molecule has 1 fully saturated rings. The Balaban J connectivity index is 1.23. The van der Waals surface area contributed by atoms with E-state index in [0.717, 1.165) is 48.8 Å². The molecular formula is C27H27N3OS. The number of aryl methyl sites for hydroxylation is 2. The zero-order chi connectivity index (χ0) is 22.1. The molecule has 1 aliphatic heterocycles. The number of hydrogen-bond donors (Lipinski definition) is 0. The van der Waals surface area contributed by atoms with Gasteiger partial charge in [0.05, 0.1) is 10.2 Å². The topological polar surface area (TPSA) is 36.4 Å². The van der Waals surface area contributed by atoms with Crippen LogP contribution in [-0.2, 0) is 6.42 Å². The van der Waals surface area contributed by atoms with Crippen molar-refractivity contribution in [3.63, 3.8) is 0 Å². The highest BCUT2D eigenvalue weighted by atomic mass is 32.1.